The first kappa shape index (κ1) is 18.9. The Labute approximate surface area is 161 Å². The van der Waals surface area contributed by atoms with Gasteiger partial charge in [-0.1, -0.05) is 36.4 Å². The molecule has 0 aliphatic rings. The predicted molar refractivity (Wildman–Crippen MR) is 102 cm³/mol. The number of hydrogen-bond donors (Lipinski definition) is 1. The van der Waals surface area contributed by atoms with Gasteiger partial charge in [-0.05, 0) is 30.3 Å². The second kappa shape index (κ2) is 9.18. The molecule has 0 radical (unpaired) electrons. The number of hydrazone groups is 1. The summed E-state index contributed by atoms with van der Waals surface area (Å²) < 4.78 is 15.8. The number of para-hydroxylation sites is 1. The summed E-state index contributed by atoms with van der Waals surface area (Å²) in [4.78, 5) is 23.9. The highest BCUT2D eigenvalue weighted by Crippen LogP contribution is 2.14. The monoisotopic (exact) mass is 378 g/mol. The van der Waals surface area contributed by atoms with Crippen molar-refractivity contribution in [3.8, 4) is 5.75 Å². The SMILES string of the molecule is COC(=O)c1ccccc1/C=N\NC(=O)c1ccc(COc2ccccc2)o1. The summed E-state index contributed by atoms with van der Waals surface area (Å²) in [5, 5.41) is 3.87. The minimum absolute atomic E-state index is 0.102. The molecule has 0 saturated heterocycles. The second-order valence-electron chi connectivity index (χ2n) is 5.65. The lowest BCUT2D eigenvalue weighted by molar-refractivity contribution is 0.0600. The maximum atomic E-state index is 12.1. The summed E-state index contributed by atoms with van der Waals surface area (Å²) in [5.41, 5.74) is 3.23. The molecule has 0 atom stereocenters. The van der Waals surface area contributed by atoms with Gasteiger partial charge in [0.1, 0.15) is 18.1 Å². The molecule has 3 rings (SSSR count). The normalized spacial score (nSPS) is 10.6. The van der Waals surface area contributed by atoms with Gasteiger partial charge in [0.2, 0.25) is 0 Å². The number of ether oxygens (including phenoxy) is 2. The number of carbonyl (C=O) groups excluding carboxylic acids is 2. The molecule has 0 aliphatic carbocycles. The molecule has 0 bridgehead atoms. The van der Waals surface area contributed by atoms with Crippen molar-refractivity contribution in [1.82, 2.24) is 5.43 Å². The molecule has 1 heterocycles. The molecule has 7 nitrogen and oxygen atoms in total. The number of nitrogens with one attached hydrogen (secondary N) is 1. The standard InChI is InChI=1S/C21H18N2O5/c1-26-21(25)18-10-6-5-7-15(18)13-22-23-20(24)19-12-11-17(28-19)14-27-16-8-3-2-4-9-16/h2-13H,14H2,1H3,(H,23,24)/b22-13-. The lowest BCUT2D eigenvalue weighted by atomic mass is 10.1. The van der Waals surface area contributed by atoms with Crippen LogP contribution in [0, 0.1) is 0 Å². The van der Waals surface area contributed by atoms with E-state index in [1.165, 1.54) is 19.4 Å². The van der Waals surface area contributed by atoms with E-state index in [0.717, 1.165) is 0 Å². The highest BCUT2D eigenvalue weighted by atomic mass is 16.5. The molecule has 1 amide bonds. The van der Waals surface area contributed by atoms with E-state index in [1.807, 2.05) is 30.3 Å². The summed E-state index contributed by atoms with van der Waals surface area (Å²) in [7, 11) is 1.30. The zero-order chi connectivity index (χ0) is 19.8. The van der Waals surface area contributed by atoms with E-state index in [9.17, 15) is 9.59 Å². The van der Waals surface area contributed by atoms with Gasteiger partial charge in [-0.2, -0.15) is 5.10 Å². The zero-order valence-corrected chi connectivity index (χ0v) is 15.1. The van der Waals surface area contributed by atoms with Crippen LogP contribution in [0.15, 0.2) is 76.2 Å². The average Bonchev–Trinajstić information content (AvgIpc) is 3.22. The van der Waals surface area contributed by atoms with Gasteiger partial charge in [0.15, 0.2) is 5.76 Å². The Kier molecular flexibility index (Phi) is 6.20. The van der Waals surface area contributed by atoms with Crippen LogP contribution >= 0.6 is 0 Å². The van der Waals surface area contributed by atoms with E-state index in [-0.39, 0.29) is 12.4 Å². The van der Waals surface area contributed by atoms with Gasteiger partial charge >= 0.3 is 11.9 Å². The van der Waals surface area contributed by atoms with E-state index in [4.69, 9.17) is 13.9 Å². The molecule has 0 unspecified atom stereocenters. The van der Waals surface area contributed by atoms with Crippen molar-refractivity contribution < 1.29 is 23.5 Å². The quantitative estimate of drug-likeness (QED) is 0.387. The minimum Gasteiger partial charge on any atom is -0.486 e. The summed E-state index contributed by atoms with van der Waals surface area (Å²) in [6.45, 7) is 0.201. The molecule has 1 N–H and O–H groups in total. The van der Waals surface area contributed by atoms with E-state index in [0.29, 0.717) is 22.6 Å². The Morgan fingerprint density at radius 3 is 2.57 bits per heavy atom. The Morgan fingerprint density at radius 1 is 1.04 bits per heavy atom. The Balaban J connectivity index is 1.58. The fraction of sp³-hybridized carbons (Fsp3) is 0.0952. The van der Waals surface area contributed by atoms with Crippen LogP contribution in [0.1, 0.15) is 32.2 Å². The number of benzene rings is 2. The van der Waals surface area contributed by atoms with E-state index in [1.54, 1.807) is 30.3 Å². The van der Waals surface area contributed by atoms with E-state index in [2.05, 4.69) is 10.5 Å². The third kappa shape index (κ3) is 4.85. The smallest absolute Gasteiger partial charge is 0.338 e. The van der Waals surface area contributed by atoms with Crippen LogP contribution in [0.3, 0.4) is 0 Å². The first-order valence-corrected chi connectivity index (χ1v) is 8.44. The third-order valence-electron chi connectivity index (χ3n) is 3.75. The first-order valence-electron chi connectivity index (χ1n) is 8.44. The highest BCUT2D eigenvalue weighted by molar-refractivity contribution is 6.00. The maximum absolute atomic E-state index is 12.1. The van der Waals surface area contributed by atoms with E-state index >= 15 is 0 Å². The molecule has 0 aliphatic heterocycles. The summed E-state index contributed by atoms with van der Waals surface area (Å²) in [6.07, 6.45) is 1.37. The number of rotatable bonds is 7. The third-order valence-corrected chi connectivity index (χ3v) is 3.75. The summed E-state index contributed by atoms with van der Waals surface area (Å²) >= 11 is 0. The molecule has 7 heteroatoms. The number of esters is 1. The predicted octanol–water partition coefficient (Wildman–Crippen LogP) is 3.41. The lowest BCUT2D eigenvalue weighted by Crippen LogP contribution is -2.17. The topological polar surface area (TPSA) is 90.1 Å². The van der Waals surface area contributed by atoms with Crippen molar-refractivity contribution in [3.63, 3.8) is 0 Å². The molecule has 2 aromatic carbocycles. The van der Waals surface area contributed by atoms with Gasteiger partial charge in [-0.25, -0.2) is 10.2 Å². The van der Waals surface area contributed by atoms with Crippen LogP contribution in [0.2, 0.25) is 0 Å². The van der Waals surface area contributed by atoms with Gasteiger partial charge in [-0.3, -0.25) is 4.79 Å². The van der Waals surface area contributed by atoms with Crippen LogP contribution in [0.4, 0.5) is 0 Å². The fourth-order valence-corrected chi connectivity index (χ4v) is 2.37. The molecular weight excluding hydrogens is 360 g/mol. The van der Waals surface area contributed by atoms with Crippen molar-refractivity contribution in [1.29, 1.82) is 0 Å². The minimum atomic E-state index is -0.516. The highest BCUT2D eigenvalue weighted by Gasteiger charge is 2.12. The van der Waals surface area contributed by atoms with Crippen LogP contribution in [0.5, 0.6) is 5.75 Å². The van der Waals surface area contributed by atoms with Crippen LogP contribution in [-0.4, -0.2) is 25.2 Å². The van der Waals surface area contributed by atoms with Crippen molar-refractivity contribution in [2.24, 2.45) is 5.10 Å². The van der Waals surface area contributed by atoms with Gasteiger partial charge in [-0.15, -0.1) is 0 Å². The van der Waals surface area contributed by atoms with Crippen molar-refractivity contribution in [2.75, 3.05) is 7.11 Å². The van der Waals surface area contributed by atoms with Crippen molar-refractivity contribution >= 4 is 18.1 Å². The van der Waals surface area contributed by atoms with Gasteiger partial charge in [0, 0.05) is 5.56 Å². The Morgan fingerprint density at radius 2 is 1.79 bits per heavy atom. The molecule has 1 aromatic heterocycles. The molecule has 28 heavy (non-hydrogen) atoms. The molecule has 0 spiro atoms. The van der Waals surface area contributed by atoms with Crippen LogP contribution in [-0.2, 0) is 11.3 Å². The summed E-state index contributed by atoms with van der Waals surface area (Å²) in [5.74, 6) is 0.318. The molecule has 0 fully saturated rings. The number of methoxy groups -OCH3 is 1. The summed E-state index contributed by atoms with van der Waals surface area (Å²) in [6, 6.07) is 19.3. The van der Waals surface area contributed by atoms with Crippen LogP contribution in [0.25, 0.3) is 0 Å². The molecule has 3 aromatic rings. The van der Waals surface area contributed by atoms with Crippen LogP contribution < -0.4 is 10.2 Å². The molecular formula is C21H18N2O5. The first-order chi connectivity index (χ1) is 13.7. The number of hydrogen-bond acceptors (Lipinski definition) is 6. The van der Waals surface area contributed by atoms with Gasteiger partial charge < -0.3 is 13.9 Å². The number of furan rings is 1. The fourth-order valence-electron chi connectivity index (χ4n) is 2.37. The number of amides is 1. The average molecular weight is 378 g/mol. The number of nitrogens with zero attached hydrogens (tertiary/aromatic N) is 1. The Bertz CT molecular complexity index is 979. The maximum Gasteiger partial charge on any atom is 0.338 e. The lowest BCUT2D eigenvalue weighted by Gasteiger charge is -2.03. The second-order valence-corrected chi connectivity index (χ2v) is 5.65. The van der Waals surface area contributed by atoms with Gasteiger partial charge in [0.05, 0.1) is 18.9 Å². The largest absolute Gasteiger partial charge is 0.486 e. The molecule has 142 valence electrons. The zero-order valence-electron chi connectivity index (χ0n) is 15.1. The van der Waals surface area contributed by atoms with Crippen molar-refractivity contribution in [3.05, 3.63) is 89.4 Å². The number of carbonyl (C=O) groups is 2. The van der Waals surface area contributed by atoms with Gasteiger partial charge in [0.25, 0.3) is 0 Å². The van der Waals surface area contributed by atoms with E-state index < -0.39 is 11.9 Å². The van der Waals surface area contributed by atoms with Crippen molar-refractivity contribution in [2.45, 2.75) is 6.61 Å². The molecule has 0 saturated carbocycles. The Hall–Kier alpha value is -3.87.